The van der Waals surface area contributed by atoms with Gasteiger partial charge in [0.15, 0.2) is 6.61 Å². The van der Waals surface area contributed by atoms with E-state index in [1.165, 1.54) is 12.1 Å². The van der Waals surface area contributed by atoms with E-state index in [-0.39, 0.29) is 30.2 Å². The van der Waals surface area contributed by atoms with Crippen molar-refractivity contribution in [3.63, 3.8) is 0 Å². The van der Waals surface area contributed by atoms with Crippen molar-refractivity contribution in [2.45, 2.75) is 37.1 Å². The standard InChI is InChI=1S/C21H22FNO3S/c1-14(24)2-3-15-4-7-17(8-5-15)26-13-21(25)23-19-10-11-27-20-9-6-16(22)12-18(19)20/h4-9,12,19H,2-3,10-11,13H2,1H3,(H,23,25). The van der Waals surface area contributed by atoms with E-state index in [1.54, 1.807) is 36.9 Å². The van der Waals surface area contributed by atoms with Crippen LogP contribution in [0.25, 0.3) is 0 Å². The monoisotopic (exact) mass is 387 g/mol. The maximum atomic E-state index is 13.5. The van der Waals surface area contributed by atoms with Crippen molar-refractivity contribution in [2.75, 3.05) is 12.4 Å². The number of carbonyl (C=O) groups excluding carboxylic acids is 2. The normalized spacial score (nSPS) is 15.7. The van der Waals surface area contributed by atoms with Gasteiger partial charge in [0.2, 0.25) is 0 Å². The summed E-state index contributed by atoms with van der Waals surface area (Å²) in [5, 5.41) is 2.94. The minimum Gasteiger partial charge on any atom is -0.484 e. The molecule has 1 aliphatic rings. The molecule has 142 valence electrons. The fourth-order valence-corrected chi connectivity index (χ4v) is 4.08. The molecule has 6 heteroatoms. The molecule has 1 unspecified atom stereocenters. The Hall–Kier alpha value is -2.34. The average Bonchev–Trinajstić information content (AvgIpc) is 2.66. The number of aryl methyl sites for hydroxylation is 1. The van der Waals surface area contributed by atoms with Crippen LogP contribution in [0.1, 0.15) is 36.9 Å². The van der Waals surface area contributed by atoms with Gasteiger partial charge in [-0.1, -0.05) is 12.1 Å². The smallest absolute Gasteiger partial charge is 0.258 e. The van der Waals surface area contributed by atoms with E-state index in [1.807, 2.05) is 12.1 Å². The first-order valence-corrected chi connectivity index (χ1v) is 9.92. The maximum absolute atomic E-state index is 13.5. The number of amides is 1. The van der Waals surface area contributed by atoms with Gasteiger partial charge in [0.1, 0.15) is 17.3 Å². The lowest BCUT2D eigenvalue weighted by Gasteiger charge is -2.26. The van der Waals surface area contributed by atoms with Gasteiger partial charge in [-0.05, 0) is 61.2 Å². The van der Waals surface area contributed by atoms with E-state index in [4.69, 9.17) is 4.74 Å². The molecular formula is C21H22FNO3S. The van der Waals surface area contributed by atoms with E-state index in [9.17, 15) is 14.0 Å². The Balaban J connectivity index is 1.52. The second kappa shape index (κ2) is 9.04. The molecule has 27 heavy (non-hydrogen) atoms. The van der Waals surface area contributed by atoms with Crippen molar-refractivity contribution >= 4 is 23.5 Å². The summed E-state index contributed by atoms with van der Waals surface area (Å²) >= 11 is 1.68. The van der Waals surface area contributed by atoms with Crippen molar-refractivity contribution in [3.05, 3.63) is 59.4 Å². The summed E-state index contributed by atoms with van der Waals surface area (Å²) in [4.78, 5) is 24.3. The third kappa shape index (κ3) is 5.57. The fourth-order valence-electron chi connectivity index (χ4n) is 2.97. The number of nitrogens with one attached hydrogen (secondary N) is 1. The van der Waals surface area contributed by atoms with Crippen molar-refractivity contribution in [3.8, 4) is 5.75 Å². The number of ether oxygens (including phenoxy) is 1. The van der Waals surface area contributed by atoms with Gasteiger partial charge in [-0.3, -0.25) is 4.79 Å². The lowest BCUT2D eigenvalue weighted by Crippen LogP contribution is -2.34. The van der Waals surface area contributed by atoms with Crippen LogP contribution in [0.4, 0.5) is 4.39 Å². The molecule has 0 aromatic heterocycles. The molecule has 0 bridgehead atoms. The minimum atomic E-state index is -0.295. The summed E-state index contributed by atoms with van der Waals surface area (Å²) in [6.07, 6.45) is 1.98. The maximum Gasteiger partial charge on any atom is 0.258 e. The quantitative estimate of drug-likeness (QED) is 0.778. The average molecular weight is 387 g/mol. The lowest BCUT2D eigenvalue weighted by molar-refractivity contribution is -0.124. The highest BCUT2D eigenvalue weighted by Gasteiger charge is 2.23. The van der Waals surface area contributed by atoms with Gasteiger partial charge >= 0.3 is 0 Å². The molecule has 0 aliphatic carbocycles. The first-order valence-electron chi connectivity index (χ1n) is 8.94. The molecule has 1 N–H and O–H groups in total. The fraction of sp³-hybridized carbons (Fsp3) is 0.333. The summed E-state index contributed by atoms with van der Waals surface area (Å²) in [5.74, 6) is 1.11. The molecule has 4 nitrogen and oxygen atoms in total. The highest BCUT2D eigenvalue weighted by molar-refractivity contribution is 7.99. The zero-order valence-electron chi connectivity index (χ0n) is 15.2. The van der Waals surface area contributed by atoms with Gasteiger partial charge in [0, 0.05) is 17.1 Å². The van der Waals surface area contributed by atoms with E-state index in [2.05, 4.69) is 5.32 Å². The first kappa shape index (κ1) is 19.4. The summed E-state index contributed by atoms with van der Waals surface area (Å²) in [6.45, 7) is 1.48. The van der Waals surface area contributed by atoms with Crippen LogP contribution in [-0.2, 0) is 16.0 Å². The number of benzene rings is 2. The lowest BCUT2D eigenvalue weighted by atomic mass is 10.0. The summed E-state index contributed by atoms with van der Waals surface area (Å²) in [6, 6.07) is 11.9. The van der Waals surface area contributed by atoms with Crippen LogP contribution in [-0.4, -0.2) is 24.1 Å². The highest BCUT2D eigenvalue weighted by Crippen LogP contribution is 2.36. The zero-order valence-corrected chi connectivity index (χ0v) is 16.0. The van der Waals surface area contributed by atoms with E-state index in [0.717, 1.165) is 28.2 Å². The number of thioether (sulfide) groups is 1. The van der Waals surface area contributed by atoms with Gasteiger partial charge < -0.3 is 14.8 Å². The van der Waals surface area contributed by atoms with Gasteiger partial charge in [0.05, 0.1) is 6.04 Å². The molecular weight excluding hydrogens is 365 g/mol. The van der Waals surface area contributed by atoms with Crippen LogP contribution in [0.5, 0.6) is 5.75 Å². The second-order valence-corrected chi connectivity index (χ2v) is 7.71. The largest absolute Gasteiger partial charge is 0.484 e. The Morgan fingerprint density at radius 1 is 1.22 bits per heavy atom. The molecule has 1 atom stereocenters. The van der Waals surface area contributed by atoms with Gasteiger partial charge in [-0.15, -0.1) is 11.8 Å². The number of rotatable bonds is 7. The topological polar surface area (TPSA) is 55.4 Å². The van der Waals surface area contributed by atoms with Crippen LogP contribution >= 0.6 is 11.8 Å². The van der Waals surface area contributed by atoms with Crippen LogP contribution in [0, 0.1) is 5.82 Å². The predicted octanol–water partition coefficient (Wildman–Crippen LogP) is 4.08. The van der Waals surface area contributed by atoms with Crippen LogP contribution in [0.3, 0.4) is 0 Å². The molecule has 1 aliphatic heterocycles. The molecule has 1 heterocycles. The Kier molecular flexibility index (Phi) is 6.50. The van der Waals surface area contributed by atoms with Crippen LogP contribution in [0.2, 0.25) is 0 Å². The highest BCUT2D eigenvalue weighted by atomic mass is 32.2. The number of hydrogen-bond donors (Lipinski definition) is 1. The Morgan fingerprint density at radius 2 is 2.00 bits per heavy atom. The number of hydrogen-bond acceptors (Lipinski definition) is 4. The van der Waals surface area contributed by atoms with Crippen molar-refractivity contribution in [1.82, 2.24) is 5.32 Å². The van der Waals surface area contributed by atoms with E-state index in [0.29, 0.717) is 18.6 Å². The molecule has 3 rings (SSSR count). The zero-order chi connectivity index (χ0) is 19.2. The van der Waals surface area contributed by atoms with Gasteiger partial charge in [-0.2, -0.15) is 0 Å². The molecule has 0 radical (unpaired) electrons. The van der Waals surface area contributed by atoms with Crippen LogP contribution < -0.4 is 10.1 Å². The number of ketones is 1. The Labute approximate surface area is 162 Å². The Morgan fingerprint density at radius 3 is 2.74 bits per heavy atom. The molecule has 2 aromatic carbocycles. The van der Waals surface area contributed by atoms with Gasteiger partial charge in [0.25, 0.3) is 5.91 Å². The van der Waals surface area contributed by atoms with E-state index < -0.39 is 0 Å². The molecule has 2 aromatic rings. The third-order valence-corrected chi connectivity index (χ3v) is 5.53. The van der Waals surface area contributed by atoms with Crippen molar-refractivity contribution in [1.29, 1.82) is 0 Å². The summed E-state index contributed by atoms with van der Waals surface area (Å²) < 4.78 is 19.1. The second-order valence-electron chi connectivity index (χ2n) is 6.57. The number of fused-ring (bicyclic) bond motifs is 1. The SMILES string of the molecule is CC(=O)CCc1ccc(OCC(=O)NC2CCSc3ccc(F)cc32)cc1. The first-order chi connectivity index (χ1) is 13.0. The van der Waals surface area contributed by atoms with E-state index >= 15 is 0 Å². The molecule has 0 spiro atoms. The number of halogens is 1. The predicted molar refractivity (Wildman–Crippen MR) is 104 cm³/mol. The van der Waals surface area contributed by atoms with Gasteiger partial charge in [-0.25, -0.2) is 4.39 Å². The van der Waals surface area contributed by atoms with Crippen molar-refractivity contribution < 1.29 is 18.7 Å². The summed E-state index contributed by atoms with van der Waals surface area (Å²) in [7, 11) is 0. The number of Topliss-reactive ketones (excluding diaryl/α,β-unsaturated/α-hetero) is 1. The molecule has 0 saturated carbocycles. The molecule has 0 saturated heterocycles. The summed E-state index contributed by atoms with van der Waals surface area (Å²) in [5.41, 5.74) is 1.88. The molecule has 0 fully saturated rings. The molecule has 1 amide bonds. The minimum absolute atomic E-state index is 0.0961. The number of carbonyl (C=O) groups is 2. The Bertz CT molecular complexity index is 823. The third-order valence-electron chi connectivity index (χ3n) is 4.41. The van der Waals surface area contributed by atoms with Crippen molar-refractivity contribution in [2.24, 2.45) is 0 Å². The van der Waals surface area contributed by atoms with Crippen LogP contribution in [0.15, 0.2) is 47.4 Å².